The molecule has 18 heavy (non-hydrogen) atoms. The van der Waals surface area contributed by atoms with Gasteiger partial charge in [0.15, 0.2) is 5.84 Å². The van der Waals surface area contributed by atoms with Crippen LogP contribution < -0.4 is 10.6 Å². The molecule has 0 spiro atoms. The maximum atomic E-state index is 9.70. The number of aromatic nitrogens is 1. The molecule has 0 radical (unpaired) electrons. The zero-order valence-electron chi connectivity index (χ0n) is 10.3. The van der Waals surface area contributed by atoms with Gasteiger partial charge in [0.25, 0.3) is 0 Å². The third-order valence-electron chi connectivity index (χ3n) is 3.33. The van der Waals surface area contributed by atoms with Crippen molar-refractivity contribution in [3.63, 3.8) is 0 Å². The zero-order valence-corrected chi connectivity index (χ0v) is 10.3. The molecule has 2 heterocycles. The third-order valence-corrected chi connectivity index (χ3v) is 3.33. The molecule has 0 amide bonds. The Bertz CT molecular complexity index is 449. The normalized spacial score (nSPS) is 25.2. The topological polar surface area (TPSA) is 95.0 Å². The summed E-state index contributed by atoms with van der Waals surface area (Å²) >= 11 is 0. The Morgan fingerprint density at radius 2 is 2.39 bits per heavy atom. The standard InChI is InChI=1S/C12H18N4O2/c1-8-7-16(5-3-10(8)17)11-6-9(2-4-14-11)12(13)15-18/h2,4,6,8,10,17-18H,3,5,7H2,1H3,(H2,13,15). The van der Waals surface area contributed by atoms with Crippen LogP contribution in [0, 0.1) is 5.92 Å². The van der Waals surface area contributed by atoms with Crippen molar-refractivity contribution in [2.75, 3.05) is 18.0 Å². The number of aliphatic hydroxyl groups excluding tert-OH is 1. The molecule has 2 rings (SSSR count). The Labute approximate surface area is 106 Å². The average Bonchev–Trinajstić information content (AvgIpc) is 2.41. The van der Waals surface area contributed by atoms with Gasteiger partial charge >= 0.3 is 0 Å². The maximum Gasteiger partial charge on any atom is 0.170 e. The lowest BCUT2D eigenvalue weighted by Crippen LogP contribution is -2.42. The number of aliphatic hydroxyl groups is 1. The van der Waals surface area contributed by atoms with Gasteiger partial charge < -0.3 is 20.9 Å². The maximum absolute atomic E-state index is 9.70. The van der Waals surface area contributed by atoms with Crippen LogP contribution in [0.4, 0.5) is 5.82 Å². The fraction of sp³-hybridized carbons (Fsp3) is 0.500. The molecule has 0 aliphatic carbocycles. The predicted molar refractivity (Wildman–Crippen MR) is 68.7 cm³/mol. The van der Waals surface area contributed by atoms with Gasteiger partial charge in [-0.25, -0.2) is 4.98 Å². The van der Waals surface area contributed by atoms with E-state index in [4.69, 9.17) is 10.9 Å². The fourth-order valence-corrected chi connectivity index (χ4v) is 2.15. The third kappa shape index (κ3) is 2.53. The summed E-state index contributed by atoms with van der Waals surface area (Å²) in [6, 6.07) is 3.49. The number of hydrogen-bond acceptors (Lipinski definition) is 5. The van der Waals surface area contributed by atoms with Gasteiger partial charge in [-0.1, -0.05) is 12.1 Å². The number of rotatable bonds is 2. The number of pyridine rings is 1. The molecule has 6 heteroatoms. The molecule has 0 bridgehead atoms. The van der Waals surface area contributed by atoms with Gasteiger partial charge in [0.1, 0.15) is 5.82 Å². The number of hydrogen-bond donors (Lipinski definition) is 3. The molecule has 4 N–H and O–H groups in total. The van der Waals surface area contributed by atoms with E-state index in [0.717, 1.165) is 25.3 Å². The van der Waals surface area contributed by atoms with Gasteiger partial charge in [0, 0.05) is 24.8 Å². The highest BCUT2D eigenvalue weighted by Crippen LogP contribution is 2.22. The second-order valence-electron chi connectivity index (χ2n) is 4.67. The van der Waals surface area contributed by atoms with Gasteiger partial charge in [-0.2, -0.15) is 0 Å². The minimum atomic E-state index is -0.242. The molecule has 2 atom stereocenters. The van der Waals surface area contributed by atoms with Gasteiger partial charge in [-0.3, -0.25) is 0 Å². The number of oxime groups is 1. The largest absolute Gasteiger partial charge is 0.409 e. The molecule has 0 aromatic carbocycles. The summed E-state index contributed by atoms with van der Waals surface area (Å²) in [7, 11) is 0. The first kappa shape index (κ1) is 12.6. The lowest BCUT2D eigenvalue weighted by molar-refractivity contribution is 0.0969. The molecule has 1 aliphatic rings. The Kier molecular flexibility index (Phi) is 3.66. The number of amidine groups is 1. The Morgan fingerprint density at radius 3 is 3.06 bits per heavy atom. The first-order chi connectivity index (χ1) is 8.61. The van der Waals surface area contributed by atoms with Crippen LogP contribution in [-0.2, 0) is 0 Å². The van der Waals surface area contributed by atoms with E-state index in [-0.39, 0.29) is 17.9 Å². The summed E-state index contributed by atoms with van der Waals surface area (Å²) in [5.74, 6) is 1.08. The summed E-state index contributed by atoms with van der Waals surface area (Å²) in [5.41, 5.74) is 6.20. The first-order valence-electron chi connectivity index (χ1n) is 5.98. The average molecular weight is 250 g/mol. The second-order valence-corrected chi connectivity index (χ2v) is 4.67. The lowest BCUT2D eigenvalue weighted by atomic mass is 9.97. The first-order valence-corrected chi connectivity index (χ1v) is 5.98. The van der Waals surface area contributed by atoms with E-state index < -0.39 is 0 Å². The zero-order chi connectivity index (χ0) is 13.1. The van der Waals surface area contributed by atoms with Crippen molar-refractivity contribution in [2.45, 2.75) is 19.4 Å². The van der Waals surface area contributed by atoms with Crippen LogP contribution in [0.1, 0.15) is 18.9 Å². The molecule has 1 aliphatic heterocycles. The fourth-order valence-electron chi connectivity index (χ4n) is 2.15. The van der Waals surface area contributed by atoms with Crippen molar-refractivity contribution in [1.82, 2.24) is 4.98 Å². The number of nitrogens with two attached hydrogens (primary N) is 1. The molecule has 1 fully saturated rings. The SMILES string of the molecule is CC1CN(c2cc(/C(N)=N/O)ccn2)CCC1O. The molecule has 1 aromatic rings. The molecular formula is C12H18N4O2. The minimum Gasteiger partial charge on any atom is -0.409 e. The Hall–Kier alpha value is -1.82. The van der Waals surface area contributed by atoms with Crippen LogP contribution in [-0.4, -0.2) is 40.3 Å². The molecular weight excluding hydrogens is 232 g/mol. The molecule has 1 aromatic heterocycles. The van der Waals surface area contributed by atoms with Crippen molar-refractivity contribution >= 4 is 11.7 Å². The number of anilines is 1. The summed E-state index contributed by atoms with van der Waals surface area (Å²) in [5, 5.41) is 21.3. The smallest absolute Gasteiger partial charge is 0.170 e. The molecule has 1 saturated heterocycles. The van der Waals surface area contributed by atoms with E-state index >= 15 is 0 Å². The molecule has 6 nitrogen and oxygen atoms in total. The van der Waals surface area contributed by atoms with Crippen LogP contribution in [0.15, 0.2) is 23.5 Å². The summed E-state index contributed by atoms with van der Waals surface area (Å²) in [4.78, 5) is 6.39. The van der Waals surface area contributed by atoms with Gasteiger partial charge in [0.2, 0.25) is 0 Å². The van der Waals surface area contributed by atoms with Crippen LogP contribution in [0.3, 0.4) is 0 Å². The van der Waals surface area contributed by atoms with Gasteiger partial charge in [0.05, 0.1) is 6.10 Å². The van der Waals surface area contributed by atoms with E-state index in [1.165, 1.54) is 0 Å². The van der Waals surface area contributed by atoms with Gasteiger partial charge in [-0.15, -0.1) is 0 Å². The van der Waals surface area contributed by atoms with Crippen LogP contribution in [0.5, 0.6) is 0 Å². The molecule has 2 unspecified atom stereocenters. The summed E-state index contributed by atoms with van der Waals surface area (Å²) < 4.78 is 0. The highest BCUT2D eigenvalue weighted by atomic mass is 16.4. The van der Waals surface area contributed by atoms with E-state index in [9.17, 15) is 5.11 Å². The Balaban J connectivity index is 2.19. The summed E-state index contributed by atoms with van der Waals surface area (Å²) in [6.07, 6.45) is 2.13. The predicted octanol–water partition coefficient (Wildman–Crippen LogP) is 0.383. The molecule has 98 valence electrons. The quantitative estimate of drug-likeness (QED) is 0.305. The van der Waals surface area contributed by atoms with Gasteiger partial charge in [-0.05, 0) is 24.5 Å². The van der Waals surface area contributed by atoms with Crippen molar-refractivity contribution in [2.24, 2.45) is 16.8 Å². The monoisotopic (exact) mass is 250 g/mol. The number of piperidine rings is 1. The Morgan fingerprint density at radius 1 is 1.61 bits per heavy atom. The highest BCUT2D eigenvalue weighted by molar-refractivity contribution is 5.97. The van der Waals surface area contributed by atoms with Crippen LogP contribution in [0.2, 0.25) is 0 Å². The lowest BCUT2D eigenvalue weighted by Gasteiger charge is -2.35. The van der Waals surface area contributed by atoms with E-state index in [1.807, 2.05) is 6.92 Å². The van der Waals surface area contributed by atoms with Crippen LogP contribution >= 0.6 is 0 Å². The summed E-state index contributed by atoms with van der Waals surface area (Å²) in [6.45, 7) is 3.54. The van der Waals surface area contributed by atoms with Crippen LogP contribution in [0.25, 0.3) is 0 Å². The second kappa shape index (κ2) is 5.22. The van der Waals surface area contributed by atoms with E-state index in [2.05, 4.69) is 15.0 Å². The van der Waals surface area contributed by atoms with E-state index in [1.54, 1.807) is 18.3 Å². The number of nitrogens with zero attached hydrogens (tertiary/aromatic N) is 3. The minimum absolute atomic E-state index is 0.0729. The highest BCUT2D eigenvalue weighted by Gasteiger charge is 2.25. The van der Waals surface area contributed by atoms with Crippen molar-refractivity contribution in [1.29, 1.82) is 0 Å². The van der Waals surface area contributed by atoms with Crippen molar-refractivity contribution in [3.8, 4) is 0 Å². The molecule has 0 saturated carbocycles. The van der Waals surface area contributed by atoms with Crippen molar-refractivity contribution < 1.29 is 10.3 Å². The van der Waals surface area contributed by atoms with E-state index in [0.29, 0.717) is 5.56 Å². The van der Waals surface area contributed by atoms with Crippen molar-refractivity contribution in [3.05, 3.63) is 23.9 Å².